The maximum Gasteiger partial charge on any atom is 0.0503 e. The van der Waals surface area contributed by atoms with Crippen molar-refractivity contribution in [1.82, 2.24) is 5.43 Å². The fourth-order valence-electron chi connectivity index (χ4n) is 2.93. The number of hydrazine groups is 1. The Bertz CT molecular complexity index is 744. The van der Waals surface area contributed by atoms with Crippen molar-refractivity contribution in [3.8, 4) is 0 Å². The average molecular weight is 276 g/mol. The summed E-state index contributed by atoms with van der Waals surface area (Å²) < 4.78 is 0. The maximum atomic E-state index is 5.82. The van der Waals surface area contributed by atoms with Crippen molar-refractivity contribution < 1.29 is 0 Å². The minimum atomic E-state index is 0.122. The van der Waals surface area contributed by atoms with Crippen LogP contribution in [0.25, 0.3) is 10.8 Å². The van der Waals surface area contributed by atoms with E-state index in [1.165, 1.54) is 27.5 Å². The second kappa shape index (κ2) is 6.08. The Hall–Kier alpha value is -2.16. The Kier molecular flexibility index (Phi) is 4.00. The van der Waals surface area contributed by atoms with Crippen LogP contribution in [0.1, 0.15) is 22.7 Å². The Balaban J connectivity index is 1.98. The van der Waals surface area contributed by atoms with Gasteiger partial charge in [0, 0.05) is 0 Å². The van der Waals surface area contributed by atoms with E-state index in [2.05, 4.69) is 79.1 Å². The van der Waals surface area contributed by atoms with Crippen LogP contribution in [0.4, 0.5) is 0 Å². The zero-order chi connectivity index (χ0) is 14.7. The summed E-state index contributed by atoms with van der Waals surface area (Å²) in [7, 11) is 0. The monoisotopic (exact) mass is 276 g/mol. The first kappa shape index (κ1) is 13.8. The summed E-state index contributed by atoms with van der Waals surface area (Å²) in [6.45, 7) is 2.13. The van der Waals surface area contributed by atoms with Crippen molar-refractivity contribution in [3.63, 3.8) is 0 Å². The third-order valence-corrected chi connectivity index (χ3v) is 4.07. The number of nitrogens with two attached hydrogens (primary N) is 1. The first-order valence-corrected chi connectivity index (χ1v) is 7.28. The molecular weight excluding hydrogens is 256 g/mol. The highest BCUT2D eigenvalue weighted by Crippen LogP contribution is 2.25. The fraction of sp³-hybridized carbons (Fsp3) is 0.158. The lowest BCUT2D eigenvalue weighted by Crippen LogP contribution is -2.30. The highest BCUT2D eigenvalue weighted by atomic mass is 15.2. The highest BCUT2D eigenvalue weighted by molar-refractivity contribution is 5.85. The van der Waals surface area contributed by atoms with Gasteiger partial charge in [-0.15, -0.1) is 0 Å². The standard InChI is InChI=1S/C19H20N2/c1-14-7-2-4-11-17(14)19(21-20)13-16-10-6-9-15-8-3-5-12-18(15)16/h2-12,19,21H,13,20H2,1H3. The third-order valence-electron chi connectivity index (χ3n) is 4.07. The SMILES string of the molecule is Cc1ccccc1C(Cc1cccc2ccccc12)NN. The van der Waals surface area contributed by atoms with E-state index in [-0.39, 0.29) is 6.04 Å². The summed E-state index contributed by atoms with van der Waals surface area (Å²) >= 11 is 0. The topological polar surface area (TPSA) is 38.0 Å². The molecule has 3 rings (SSSR count). The van der Waals surface area contributed by atoms with Gasteiger partial charge in [-0.1, -0.05) is 66.7 Å². The Morgan fingerprint density at radius 1 is 0.905 bits per heavy atom. The van der Waals surface area contributed by atoms with Gasteiger partial charge in [0.25, 0.3) is 0 Å². The molecule has 0 radical (unpaired) electrons. The molecule has 0 heterocycles. The summed E-state index contributed by atoms with van der Waals surface area (Å²) in [5.41, 5.74) is 6.81. The van der Waals surface area contributed by atoms with Crippen molar-refractivity contribution in [2.24, 2.45) is 5.84 Å². The van der Waals surface area contributed by atoms with Gasteiger partial charge in [0.1, 0.15) is 0 Å². The molecule has 2 heteroatoms. The number of nitrogens with one attached hydrogen (secondary N) is 1. The van der Waals surface area contributed by atoms with Crippen molar-refractivity contribution in [1.29, 1.82) is 0 Å². The first-order valence-electron chi connectivity index (χ1n) is 7.28. The van der Waals surface area contributed by atoms with Crippen LogP contribution < -0.4 is 11.3 Å². The van der Waals surface area contributed by atoms with Crippen LogP contribution in [0.3, 0.4) is 0 Å². The van der Waals surface area contributed by atoms with Crippen LogP contribution in [-0.2, 0) is 6.42 Å². The number of aryl methyl sites for hydroxylation is 1. The summed E-state index contributed by atoms with van der Waals surface area (Å²) in [6.07, 6.45) is 0.878. The van der Waals surface area contributed by atoms with E-state index in [4.69, 9.17) is 5.84 Å². The summed E-state index contributed by atoms with van der Waals surface area (Å²) in [6, 6.07) is 23.5. The molecule has 0 fully saturated rings. The molecule has 106 valence electrons. The van der Waals surface area contributed by atoms with E-state index < -0.39 is 0 Å². The van der Waals surface area contributed by atoms with E-state index in [1.54, 1.807) is 0 Å². The van der Waals surface area contributed by atoms with Gasteiger partial charge >= 0.3 is 0 Å². The molecule has 0 aliphatic heterocycles. The van der Waals surface area contributed by atoms with Crippen LogP contribution in [0, 0.1) is 6.92 Å². The largest absolute Gasteiger partial charge is 0.271 e. The van der Waals surface area contributed by atoms with Gasteiger partial charge in [-0.25, -0.2) is 0 Å². The molecule has 21 heavy (non-hydrogen) atoms. The van der Waals surface area contributed by atoms with Gasteiger partial charge in [0.2, 0.25) is 0 Å². The van der Waals surface area contributed by atoms with Gasteiger partial charge in [0.15, 0.2) is 0 Å². The van der Waals surface area contributed by atoms with Crippen molar-refractivity contribution in [3.05, 3.63) is 83.4 Å². The van der Waals surface area contributed by atoms with Crippen molar-refractivity contribution in [2.75, 3.05) is 0 Å². The predicted molar refractivity (Wildman–Crippen MR) is 88.9 cm³/mol. The minimum Gasteiger partial charge on any atom is -0.271 e. The van der Waals surface area contributed by atoms with Gasteiger partial charge < -0.3 is 0 Å². The van der Waals surface area contributed by atoms with Gasteiger partial charge in [-0.3, -0.25) is 11.3 Å². The molecule has 0 saturated carbocycles. The molecule has 0 aliphatic rings. The lowest BCUT2D eigenvalue weighted by molar-refractivity contribution is 0.551. The normalized spacial score (nSPS) is 12.5. The van der Waals surface area contributed by atoms with Crippen LogP contribution in [0.2, 0.25) is 0 Å². The summed E-state index contributed by atoms with van der Waals surface area (Å²) in [4.78, 5) is 0. The zero-order valence-corrected chi connectivity index (χ0v) is 12.2. The quantitative estimate of drug-likeness (QED) is 0.560. The van der Waals surface area contributed by atoms with Crippen LogP contribution >= 0.6 is 0 Å². The number of hydrogen-bond donors (Lipinski definition) is 2. The molecule has 0 bridgehead atoms. The van der Waals surface area contributed by atoms with Crippen molar-refractivity contribution in [2.45, 2.75) is 19.4 Å². The van der Waals surface area contributed by atoms with E-state index in [0.29, 0.717) is 0 Å². The van der Waals surface area contributed by atoms with E-state index in [1.807, 2.05) is 0 Å². The number of rotatable bonds is 4. The molecule has 0 amide bonds. The smallest absolute Gasteiger partial charge is 0.0503 e. The lowest BCUT2D eigenvalue weighted by Gasteiger charge is -2.19. The van der Waals surface area contributed by atoms with E-state index in [0.717, 1.165) is 6.42 Å². The molecule has 3 aromatic rings. The van der Waals surface area contributed by atoms with Gasteiger partial charge in [-0.05, 0) is 40.8 Å². The molecule has 1 atom stereocenters. The lowest BCUT2D eigenvalue weighted by atomic mass is 9.93. The highest BCUT2D eigenvalue weighted by Gasteiger charge is 2.13. The first-order chi connectivity index (χ1) is 10.3. The minimum absolute atomic E-state index is 0.122. The van der Waals surface area contributed by atoms with Gasteiger partial charge in [0.05, 0.1) is 6.04 Å². The molecule has 3 aromatic carbocycles. The Morgan fingerprint density at radius 3 is 2.43 bits per heavy atom. The Morgan fingerprint density at radius 2 is 1.62 bits per heavy atom. The van der Waals surface area contributed by atoms with Crippen LogP contribution in [0.5, 0.6) is 0 Å². The molecule has 0 saturated heterocycles. The molecule has 0 spiro atoms. The van der Waals surface area contributed by atoms with Crippen LogP contribution in [-0.4, -0.2) is 0 Å². The number of fused-ring (bicyclic) bond motifs is 1. The predicted octanol–water partition coefficient (Wildman–Crippen LogP) is 3.90. The Labute approximate surface area is 125 Å². The van der Waals surface area contributed by atoms with E-state index >= 15 is 0 Å². The second-order valence-electron chi connectivity index (χ2n) is 5.42. The molecule has 2 nitrogen and oxygen atoms in total. The molecule has 1 unspecified atom stereocenters. The molecule has 0 aromatic heterocycles. The molecule has 0 aliphatic carbocycles. The molecular formula is C19H20N2. The second-order valence-corrected chi connectivity index (χ2v) is 5.42. The third kappa shape index (κ3) is 2.82. The fourth-order valence-corrected chi connectivity index (χ4v) is 2.93. The van der Waals surface area contributed by atoms with Gasteiger partial charge in [-0.2, -0.15) is 0 Å². The maximum absolute atomic E-state index is 5.82. The molecule has 3 N–H and O–H groups in total. The average Bonchev–Trinajstić information content (AvgIpc) is 2.53. The van der Waals surface area contributed by atoms with Crippen molar-refractivity contribution >= 4 is 10.8 Å². The zero-order valence-electron chi connectivity index (χ0n) is 12.2. The van der Waals surface area contributed by atoms with Crippen LogP contribution in [0.15, 0.2) is 66.7 Å². The van der Waals surface area contributed by atoms with E-state index in [9.17, 15) is 0 Å². The summed E-state index contributed by atoms with van der Waals surface area (Å²) in [5.74, 6) is 5.82. The number of hydrogen-bond acceptors (Lipinski definition) is 2. The number of benzene rings is 3. The summed E-state index contributed by atoms with van der Waals surface area (Å²) in [5, 5.41) is 2.57.